The summed E-state index contributed by atoms with van der Waals surface area (Å²) in [6.45, 7) is 0.284. The molecule has 0 saturated carbocycles. The molecule has 50 heavy (non-hydrogen) atoms. The summed E-state index contributed by atoms with van der Waals surface area (Å²) in [5.41, 5.74) is 0.764. The summed E-state index contributed by atoms with van der Waals surface area (Å²) >= 11 is 0. The highest BCUT2D eigenvalue weighted by atomic mass is 32.2. The number of alkyl halides is 3. The van der Waals surface area contributed by atoms with Crippen LogP contribution in [0, 0.1) is 5.82 Å². The Hall–Kier alpha value is -4.79. The molecule has 1 saturated heterocycles. The molecule has 1 aliphatic rings. The number of nitrogens with one attached hydrogen (secondary N) is 2. The average molecular weight is 713 g/mol. The van der Waals surface area contributed by atoms with Crippen LogP contribution in [0.3, 0.4) is 0 Å². The van der Waals surface area contributed by atoms with E-state index in [0.717, 1.165) is 40.4 Å². The minimum atomic E-state index is -4.50. The predicted molar refractivity (Wildman–Crippen MR) is 182 cm³/mol. The molecule has 1 aliphatic heterocycles. The third-order valence-corrected chi connectivity index (χ3v) is 9.28. The second-order valence-corrected chi connectivity index (χ2v) is 13.9. The minimum absolute atomic E-state index is 0.00449. The lowest BCUT2D eigenvalue weighted by Crippen LogP contribution is -2.48. The van der Waals surface area contributed by atoms with Gasteiger partial charge in [0.05, 0.1) is 35.3 Å². The van der Waals surface area contributed by atoms with E-state index < -0.39 is 45.6 Å². The Bertz CT molecular complexity index is 1930. The monoisotopic (exact) mass is 712 g/mol. The van der Waals surface area contributed by atoms with Crippen molar-refractivity contribution in [3.63, 3.8) is 0 Å². The fourth-order valence-electron chi connectivity index (χ4n) is 5.80. The van der Waals surface area contributed by atoms with Crippen molar-refractivity contribution in [1.29, 1.82) is 0 Å². The van der Waals surface area contributed by atoms with Gasteiger partial charge in [-0.2, -0.15) is 13.2 Å². The van der Waals surface area contributed by atoms with Gasteiger partial charge < -0.3 is 20.6 Å². The van der Waals surface area contributed by atoms with Gasteiger partial charge in [0, 0.05) is 37.3 Å². The van der Waals surface area contributed by atoms with Gasteiger partial charge in [-0.05, 0) is 72.5 Å². The number of hydrogen-bond acceptors (Lipinski definition) is 6. The summed E-state index contributed by atoms with van der Waals surface area (Å²) in [5, 5.41) is 17.1. The van der Waals surface area contributed by atoms with Gasteiger partial charge in [0.25, 0.3) is 5.91 Å². The van der Waals surface area contributed by atoms with Gasteiger partial charge >= 0.3 is 6.18 Å². The van der Waals surface area contributed by atoms with Gasteiger partial charge in [-0.1, -0.05) is 48.5 Å². The predicted octanol–water partition coefficient (Wildman–Crippen LogP) is 5.56. The number of sulfonamides is 1. The molecule has 1 heterocycles. The molecule has 3 N–H and O–H groups in total. The van der Waals surface area contributed by atoms with Crippen LogP contribution in [-0.2, 0) is 34.0 Å². The van der Waals surface area contributed by atoms with Gasteiger partial charge in [0.2, 0.25) is 15.9 Å². The van der Waals surface area contributed by atoms with Crippen molar-refractivity contribution in [1.82, 2.24) is 10.6 Å². The molecule has 14 heteroatoms. The lowest BCUT2D eigenvalue weighted by atomic mass is 10.00. The molecule has 2 amide bonds. The fraction of sp³-hybridized carbons (Fsp3) is 0.278. The summed E-state index contributed by atoms with van der Waals surface area (Å²) in [6.07, 6.45) is -3.73. The molecular weight excluding hydrogens is 676 g/mol. The van der Waals surface area contributed by atoms with Crippen LogP contribution in [0.2, 0.25) is 0 Å². The molecule has 0 aromatic heterocycles. The first-order chi connectivity index (χ1) is 23.7. The van der Waals surface area contributed by atoms with E-state index in [2.05, 4.69) is 10.6 Å². The Balaban J connectivity index is 1.44. The molecule has 264 valence electrons. The van der Waals surface area contributed by atoms with E-state index in [0.29, 0.717) is 18.5 Å². The van der Waals surface area contributed by atoms with Gasteiger partial charge in [-0.3, -0.25) is 9.59 Å². The van der Waals surface area contributed by atoms with Crippen molar-refractivity contribution in [3.05, 3.63) is 125 Å². The van der Waals surface area contributed by atoms with Crippen LogP contribution in [0.15, 0.2) is 97.1 Å². The molecule has 5 rings (SSSR count). The zero-order chi connectivity index (χ0) is 36.1. The zero-order valence-electron chi connectivity index (χ0n) is 27.0. The van der Waals surface area contributed by atoms with E-state index in [4.69, 9.17) is 0 Å². The minimum Gasteiger partial charge on any atom is -0.390 e. The molecule has 0 bridgehead atoms. The van der Waals surface area contributed by atoms with Crippen LogP contribution in [0.25, 0.3) is 0 Å². The lowest BCUT2D eigenvalue weighted by molar-refractivity contribution is -0.137. The Kier molecular flexibility index (Phi) is 11.2. The highest BCUT2D eigenvalue weighted by Crippen LogP contribution is 2.34. The molecule has 1 fully saturated rings. The topological polar surface area (TPSA) is 119 Å². The van der Waals surface area contributed by atoms with Gasteiger partial charge in [0.1, 0.15) is 5.82 Å². The number of nitrogens with zero attached hydrogens (tertiary/aromatic N) is 2. The highest BCUT2D eigenvalue weighted by Gasteiger charge is 2.31. The van der Waals surface area contributed by atoms with Crippen LogP contribution in [0.1, 0.15) is 39.9 Å². The number of anilines is 3. The first-order valence-electron chi connectivity index (χ1n) is 15.8. The van der Waals surface area contributed by atoms with Crippen molar-refractivity contribution < 1.29 is 40.7 Å². The van der Waals surface area contributed by atoms with Crippen molar-refractivity contribution in [3.8, 4) is 0 Å². The van der Waals surface area contributed by atoms with Crippen LogP contribution in [0.5, 0.6) is 0 Å². The van der Waals surface area contributed by atoms with Crippen LogP contribution in [0.4, 0.5) is 34.6 Å². The highest BCUT2D eigenvalue weighted by molar-refractivity contribution is 7.92. The quantitative estimate of drug-likeness (QED) is 0.156. The van der Waals surface area contributed by atoms with E-state index in [1.165, 1.54) is 47.4 Å². The summed E-state index contributed by atoms with van der Waals surface area (Å²) < 4.78 is 80.5. The number of carbonyl (C=O) groups excluding carboxylic acids is 2. The molecule has 2 atom stereocenters. The smallest absolute Gasteiger partial charge is 0.390 e. The van der Waals surface area contributed by atoms with E-state index in [1.807, 2.05) is 18.2 Å². The first-order valence-corrected chi connectivity index (χ1v) is 17.6. The Labute approximate surface area is 287 Å². The van der Waals surface area contributed by atoms with Crippen molar-refractivity contribution in [2.75, 3.05) is 28.6 Å². The maximum Gasteiger partial charge on any atom is 0.416 e. The summed E-state index contributed by atoms with van der Waals surface area (Å²) in [7, 11) is -4.04. The summed E-state index contributed by atoms with van der Waals surface area (Å²) in [5.74, 6) is -1.46. The van der Waals surface area contributed by atoms with Crippen molar-refractivity contribution in [2.45, 2.75) is 44.1 Å². The first kappa shape index (κ1) is 36.5. The SMILES string of the molecule is CS(=O)(=O)N(c1ccc(F)cc1)c1cc(C(=O)N[C@@H](Cc2ccccc2)[C@H](O)CNCc2cccc(C(F)(F)F)c2)cc(N2CCCC2=O)c1. The van der Waals surface area contributed by atoms with E-state index in [-0.39, 0.29) is 54.5 Å². The molecule has 0 unspecified atom stereocenters. The number of halogens is 4. The fourth-order valence-corrected chi connectivity index (χ4v) is 6.79. The number of aliphatic hydroxyl groups excluding tert-OH is 1. The maximum atomic E-state index is 14.0. The second-order valence-electron chi connectivity index (χ2n) is 12.1. The standard InChI is InChI=1S/C36H36F4N4O5S/c1-50(48,49)44(29-14-12-28(37)13-15-29)31-20-26(19-30(21-31)43-16-6-11-34(43)46)35(47)42-32(18-24-7-3-2-4-8-24)33(45)23-41-22-25-9-5-10-27(17-25)36(38,39)40/h2-5,7-10,12-15,17,19-21,32-33,41,45H,6,11,16,18,22-23H2,1H3,(H,42,47)/t32-,33+/m0/s1. The maximum absolute atomic E-state index is 14.0. The van der Waals surface area contributed by atoms with Crippen LogP contribution in [-0.4, -0.2) is 56.8 Å². The Morgan fingerprint density at radius 3 is 2.28 bits per heavy atom. The average Bonchev–Trinajstić information content (AvgIpc) is 3.50. The molecule has 0 spiro atoms. The largest absolute Gasteiger partial charge is 0.416 e. The van der Waals surface area contributed by atoms with Crippen LogP contribution >= 0.6 is 0 Å². The number of benzene rings is 4. The Morgan fingerprint density at radius 1 is 0.940 bits per heavy atom. The van der Waals surface area contributed by atoms with Gasteiger partial charge in [0.15, 0.2) is 0 Å². The van der Waals surface area contributed by atoms with E-state index in [9.17, 15) is 40.7 Å². The molecule has 4 aromatic rings. The Morgan fingerprint density at radius 2 is 1.64 bits per heavy atom. The van der Waals surface area contributed by atoms with Crippen molar-refractivity contribution in [2.24, 2.45) is 0 Å². The molecule has 4 aromatic carbocycles. The number of carbonyl (C=O) groups is 2. The number of rotatable bonds is 13. The lowest BCUT2D eigenvalue weighted by Gasteiger charge is -2.27. The normalized spacial score (nSPS) is 14.8. The molecule has 9 nitrogen and oxygen atoms in total. The summed E-state index contributed by atoms with van der Waals surface area (Å²) in [4.78, 5) is 28.2. The number of hydrogen-bond donors (Lipinski definition) is 3. The van der Waals surface area contributed by atoms with Crippen LogP contribution < -0.4 is 19.8 Å². The van der Waals surface area contributed by atoms with E-state index >= 15 is 0 Å². The third kappa shape index (κ3) is 9.25. The van der Waals surface area contributed by atoms with Gasteiger partial charge in [-0.25, -0.2) is 17.1 Å². The number of aliphatic hydroxyl groups is 1. The van der Waals surface area contributed by atoms with Gasteiger partial charge in [-0.15, -0.1) is 0 Å². The molecular formula is C36H36F4N4O5S. The molecule has 0 radical (unpaired) electrons. The summed E-state index contributed by atoms with van der Waals surface area (Å²) in [6, 6.07) is 22.0. The third-order valence-electron chi connectivity index (χ3n) is 8.19. The zero-order valence-corrected chi connectivity index (χ0v) is 27.8. The van der Waals surface area contributed by atoms with Crippen molar-refractivity contribution >= 4 is 38.9 Å². The number of amides is 2. The second kappa shape index (κ2) is 15.4. The van der Waals surface area contributed by atoms with E-state index in [1.54, 1.807) is 12.1 Å². The molecule has 0 aliphatic carbocycles.